The number of rotatable bonds is 15. The van der Waals surface area contributed by atoms with E-state index in [9.17, 15) is 67.4 Å². The molecule has 0 spiro atoms. The fourth-order valence-electron chi connectivity index (χ4n) is 9.59. The van der Waals surface area contributed by atoms with Crippen molar-refractivity contribution in [3.05, 3.63) is 0 Å². The average Bonchev–Trinajstić information content (AvgIpc) is 3.54. The third-order valence-corrected chi connectivity index (χ3v) is 14.9. The number of carbonyl (C=O) groups excluding carboxylic acids is 12. The molecule has 0 aliphatic carbocycles. The molecule has 1 aliphatic rings. The number of carboxylic acids is 1. The van der Waals surface area contributed by atoms with E-state index < -0.39 is 151 Å². The van der Waals surface area contributed by atoms with E-state index in [4.69, 9.17) is 0 Å². The third-order valence-electron chi connectivity index (χ3n) is 14.9. The fraction of sp³-hybridized carbons (Fsp3) is 0.772. The first-order valence-electron chi connectivity index (χ1n) is 28.7. The van der Waals surface area contributed by atoms with Crippen LogP contribution in [0.3, 0.4) is 0 Å². The van der Waals surface area contributed by atoms with Crippen molar-refractivity contribution in [1.29, 1.82) is 0 Å². The molecule has 5 N–H and O–H groups in total. The molecular formula is C57H100N12O14. The van der Waals surface area contributed by atoms with Gasteiger partial charge < -0.3 is 65.6 Å². The molecule has 1 unspecified atom stereocenters. The summed E-state index contributed by atoms with van der Waals surface area (Å²) in [6.07, 6.45) is 0.395. The highest BCUT2D eigenvalue weighted by molar-refractivity contribution is 5.98. The molecule has 472 valence electrons. The third kappa shape index (κ3) is 23.4. The number of likely N-dealkylation sites (N-methyl/N-ethyl adjacent to an activating group) is 7. The van der Waals surface area contributed by atoms with Gasteiger partial charge in [-0.2, -0.15) is 0 Å². The first-order chi connectivity index (χ1) is 38.2. The number of nitrogens with zero attached hydrogens (tertiary/aromatic N) is 8. The summed E-state index contributed by atoms with van der Waals surface area (Å²) >= 11 is 0. The number of hydrogen-bond donors (Lipinski definition) is 5. The highest BCUT2D eigenvalue weighted by Gasteiger charge is 2.40. The molecule has 1 saturated heterocycles. The van der Waals surface area contributed by atoms with Gasteiger partial charge >= 0.3 is 5.97 Å². The van der Waals surface area contributed by atoms with Crippen molar-refractivity contribution < 1.29 is 67.4 Å². The number of amides is 12. The van der Waals surface area contributed by atoms with Crippen LogP contribution >= 0.6 is 0 Å². The van der Waals surface area contributed by atoms with E-state index in [2.05, 4.69) is 21.3 Å². The van der Waals surface area contributed by atoms with Crippen molar-refractivity contribution >= 4 is 76.9 Å². The molecule has 9 atom stereocenters. The number of hydrogen-bond acceptors (Lipinski definition) is 13. The lowest BCUT2D eigenvalue weighted by molar-refractivity contribution is -0.152. The van der Waals surface area contributed by atoms with Crippen molar-refractivity contribution in [2.75, 3.05) is 82.1 Å². The summed E-state index contributed by atoms with van der Waals surface area (Å²) in [5, 5.41) is 19.8. The summed E-state index contributed by atoms with van der Waals surface area (Å²) in [5.41, 5.74) is 0. The minimum Gasteiger partial charge on any atom is -0.481 e. The van der Waals surface area contributed by atoms with Gasteiger partial charge in [0.25, 0.3) is 0 Å². The second kappa shape index (κ2) is 34.0. The maximum Gasteiger partial charge on any atom is 0.305 e. The Morgan fingerprint density at radius 3 is 1.36 bits per heavy atom. The standard InChI is InChI=1S/C57H100N12O14/c1-32(2)25-41-52(78)61-49(35(7)8)57(83)62(14)29-45(71)58-37(10)50(76)59-39(12)54(80)67(19)44(27-34(5)6)56(82)68(20)43(26-33(3)4)55(81)64(16)31-47(73)66(18)42(28-36(9)21-23-69(40(13)70)24-22-48(74)75)51(77)60-38(11)53(79)63(15)30-46(72)65(41)17/h32-39,41-44,49H,21-31H2,1-20H3,(H,58,71)(H,59,76)(H,60,77)(H,61,78)(H,74,75)/t36-,37+,38+,39+,41+,42?,43+,44+,49+/m0/s1. The Morgan fingerprint density at radius 1 is 0.482 bits per heavy atom. The predicted molar refractivity (Wildman–Crippen MR) is 310 cm³/mol. The van der Waals surface area contributed by atoms with Gasteiger partial charge in [0.1, 0.15) is 48.3 Å². The molecular weight excluding hydrogens is 1080 g/mol. The second-order valence-electron chi connectivity index (χ2n) is 24.2. The monoisotopic (exact) mass is 1180 g/mol. The SMILES string of the molecule is CC(=O)N(CCC(=O)O)CC[C@H](C)CC1C(=O)N[C@H](C)C(=O)N(C)CC(=O)N(C)[C@H](CC(C)C)C(=O)N[C@H](C(C)C)C(=O)N(C)CC(=O)N[C@H](C)C(=O)N[C@H](C)C(=O)N(C)[C@H](CC(C)C)C(=O)N(C)[C@H](CC(C)C)C(=O)N(C)CC(=O)N1C. The maximum atomic E-state index is 14.7. The van der Waals surface area contributed by atoms with Crippen LogP contribution in [0, 0.1) is 29.6 Å². The normalized spacial score (nSPS) is 24.7. The summed E-state index contributed by atoms with van der Waals surface area (Å²) in [5.74, 6) is -10.3. The predicted octanol–water partition coefficient (Wildman–Crippen LogP) is 0.216. The van der Waals surface area contributed by atoms with Crippen LogP contribution in [-0.4, -0.2) is 252 Å². The molecule has 0 aromatic heterocycles. The van der Waals surface area contributed by atoms with Gasteiger partial charge in [0.05, 0.1) is 26.1 Å². The van der Waals surface area contributed by atoms with Crippen LogP contribution in [0.5, 0.6) is 0 Å². The molecule has 0 saturated carbocycles. The van der Waals surface area contributed by atoms with Gasteiger partial charge in [-0.3, -0.25) is 62.3 Å². The Labute approximate surface area is 491 Å². The Morgan fingerprint density at radius 2 is 0.892 bits per heavy atom. The largest absolute Gasteiger partial charge is 0.481 e. The molecule has 0 bridgehead atoms. The number of aliphatic carboxylic acids is 1. The smallest absolute Gasteiger partial charge is 0.305 e. The molecule has 12 amide bonds. The van der Waals surface area contributed by atoms with E-state index in [-0.39, 0.29) is 75.3 Å². The van der Waals surface area contributed by atoms with E-state index in [1.807, 2.05) is 41.5 Å². The first kappa shape index (κ1) is 74.1. The van der Waals surface area contributed by atoms with Crippen molar-refractivity contribution in [3.63, 3.8) is 0 Å². The Kier molecular flexibility index (Phi) is 30.4. The zero-order chi connectivity index (χ0) is 64.2. The summed E-state index contributed by atoms with van der Waals surface area (Å²) in [7, 11) is 9.65. The molecule has 1 fully saturated rings. The minimum absolute atomic E-state index is 0.0255. The van der Waals surface area contributed by atoms with Gasteiger partial charge in [-0.1, -0.05) is 62.3 Å². The molecule has 0 radical (unpaired) electrons. The van der Waals surface area contributed by atoms with Gasteiger partial charge in [-0.25, -0.2) is 0 Å². The molecule has 1 rings (SSSR count). The lowest BCUT2D eigenvalue weighted by Gasteiger charge is -2.38. The van der Waals surface area contributed by atoms with Crippen LogP contribution in [0.4, 0.5) is 0 Å². The fourth-order valence-corrected chi connectivity index (χ4v) is 9.59. The topological polar surface area (TPSA) is 316 Å². The van der Waals surface area contributed by atoms with Crippen molar-refractivity contribution in [2.45, 2.75) is 177 Å². The van der Waals surface area contributed by atoms with Crippen molar-refractivity contribution in [1.82, 2.24) is 60.5 Å². The van der Waals surface area contributed by atoms with Gasteiger partial charge in [0, 0.05) is 69.3 Å². The Balaban J connectivity index is 4.02. The van der Waals surface area contributed by atoms with E-state index in [1.54, 1.807) is 20.8 Å². The van der Waals surface area contributed by atoms with Gasteiger partial charge in [-0.15, -0.1) is 0 Å². The van der Waals surface area contributed by atoms with E-state index in [1.165, 1.54) is 96.6 Å². The Hall–Kier alpha value is -6.89. The molecule has 1 heterocycles. The van der Waals surface area contributed by atoms with E-state index in [0.717, 1.165) is 19.6 Å². The zero-order valence-corrected chi connectivity index (χ0v) is 53.1. The van der Waals surface area contributed by atoms with Crippen LogP contribution in [0.25, 0.3) is 0 Å². The lowest BCUT2D eigenvalue weighted by atomic mass is 9.96. The summed E-state index contributed by atoms with van der Waals surface area (Å²) in [6.45, 7) is 20.1. The lowest BCUT2D eigenvalue weighted by Crippen LogP contribution is -2.59. The highest BCUT2D eigenvalue weighted by atomic mass is 16.4. The molecule has 1 aliphatic heterocycles. The molecule has 0 aromatic carbocycles. The number of carboxylic acid groups (broad SMARTS) is 1. The second-order valence-corrected chi connectivity index (χ2v) is 24.2. The van der Waals surface area contributed by atoms with Crippen LogP contribution in [0.1, 0.15) is 129 Å². The summed E-state index contributed by atoms with van der Waals surface area (Å²) < 4.78 is 0. The van der Waals surface area contributed by atoms with Crippen LogP contribution < -0.4 is 21.3 Å². The quantitative estimate of drug-likeness (QED) is 0.147. The zero-order valence-electron chi connectivity index (χ0n) is 53.1. The van der Waals surface area contributed by atoms with Crippen molar-refractivity contribution in [3.8, 4) is 0 Å². The Bertz CT molecular complexity index is 2310. The van der Waals surface area contributed by atoms with E-state index >= 15 is 0 Å². The first-order valence-corrected chi connectivity index (χ1v) is 28.7. The van der Waals surface area contributed by atoms with Crippen LogP contribution in [-0.2, 0) is 62.3 Å². The van der Waals surface area contributed by atoms with Crippen LogP contribution in [0.2, 0.25) is 0 Å². The highest BCUT2D eigenvalue weighted by Crippen LogP contribution is 2.22. The van der Waals surface area contributed by atoms with Crippen molar-refractivity contribution in [2.24, 2.45) is 29.6 Å². The summed E-state index contributed by atoms with van der Waals surface area (Å²) in [6, 6.07) is -9.59. The van der Waals surface area contributed by atoms with Gasteiger partial charge in [-0.05, 0) is 82.5 Å². The molecule has 83 heavy (non-hydrogen) atoms. The van der Waals surface area contributed by atoms with Gasteiger partial charge in [0.15, 0.2) is 0 Å². The van der Waals surface area contributed by atoms with Gasteiger partial charge in [0.2, 0.25) is 70.9 Å². The average molecular weight is 1180 g/mol. The van der Waals surface area contributed by atoms with Crippen LogP contribution in [0.15, 0.2) is 0 Å². The minimum atomic E-state index is -1.29. The maximum absolute atomic E-state index is 14.7. The van der Waals surface area contributed by atoms with E-state index in [0.29, 0.717) is 0 Å². The number of carbonyl (C=O) groups is 13. The molecule has 26 heteroatoms. The summed E-state index contributed by atoms with van der Waals surface area (Å²) in [4.78, 5) is 188. The molecule has 0 aromatic rings. The number of nitrogens with one attached hydrogen (secondary N) is 4. The molecule has 26 nitrogen and oxygen atoms in total.